The highest BCUT2D eigenvalue weighted by molar-refractivity contribution is 7.92. The van der Waals surface area contributed by atoms with Crippen molar-refractivity contribution < 1.29 is 13.2 Å². The predicted octanol–water partition coefficient (Wildman–Crippen LogP) is 0.365. The quantitative estimate of drug-likeness (QED) is 0.857. The van der Waals surface area contributed by atoms with E-state index in [1.807, 2.05) is 6.07 Å². The van der Waals surface area contributed by atoms with Gasteiger partial charge in [0.2, 0.25) is 5.91 Å². The number of nitrogens with zero attached hydrogens (tertiary/aromatic N) is 2. The van der Waals surface area contributed by atoms with E-state index in [1.54, 1.807) is 25.1 Å². The minimum atomic E-state index is -3.14. The lowest BCUT2D eigenvalue weighted by molar-refractivity contribution is -0.131. The van der Waals surface area contributed by atoms with Gasteiger partial charge in [-0.2, -0.15) is 0 Å². The first-order valence-corrected chi connectivity index (χ1v) is 9.27. The molecule has 1 atom stereocenters. The van der Waals surface area contributed by atoms with Crippen molar-refractivity contribution in [2.45, 2.75) is 25.1 Å². The third-order valence-corrected chi connectivity index (χ3v) is 6.61. The molecule has 1 aromatic heterocycles. The van der Waals surface area contributed by atoms with Gasteiger partial charge < -0.3 is 9.88 Å². The Bertz CT molecular complexity index is 897. The molecule has 3 rings (SSSR count). The molecule has 0 spiro atoms. The predicted molar refractivity (Wildman–Crippen MR) is 87.0 cm³/mol. The van der Waals surface area contributed by atoms with Crippen LogP contribution >= 0.6 is 0 Å². The lowest BCUT2D eigenvalue weighted by Crippen LogP contribution is -2.37. The minimum absolute atomic E-state index is 0.0251. The van der Waals surface area contributed by atoms with E-state index in [-0.39, 0.29) is 30.4 Å². The van der Waals surface area contributed by atoms with Crippen LogP contribution in [0.2, 0.25) is 0 Å². The van der Waals surface area contributed by atoms with E-state index in [9.17, 15) is 18.0 Å². The fourth-order valence-electron chi connectivity index (χ4n) is 2.82. The number of fused-ring (bicyclic) bond motifs is 1. The smallest absolute Gasteiger partial charge is 0.326 e. The number of H-pyrrole nitrogens is 1. The highest BCUT2D eigenvalue weighted by atomic mass is 32.2. The van der Waals surface area contributed by atoms with Crippen LogP contribution in [0.1, 0.15) is 13.3 Å². The summed E-state index contributed by atoms with van der Waals surface area (Å²) in [5.41, 5.74) is 1.01. The van der Waals surface area contributed by atoms with Crippen molar-refractivity contribution in [3.05, 3.63) is 34.7 Å². The van der Waals surface area contributed by atoms with Crippen molar-refractivity contribution in [1.82, 2.24) is 14.5 Å². The van der Waals surface area contributed by atoms with Crippen molar-refractivity contribution in [3.8, 4) is 0 Å². The Morgan fingerprint density at radius 1 is 1.30 bits per heavy atom. The lowest BCUT2D eigenvalue weighted by Gasteiger charge is -2.20. The molecule has 1 aromatic carbocycles. The Kier molecular flexibility index (Phi) is 4.01. The molecule has 1 aliphatic heterocycles. The van der Waals surface area contributed by atoms with E-state index in [4.69, 9.17) is 0 Å². The molecule has 1 amide bonds. The van der Waals surface area contributed by atoms with Crippen LogP contribution in [0.3, 0.4) is 0 Å². The number of amides is 1. The maximum Gasteiger partial charge on any atom is 0.326 e. The summed E-state index contributed by atoms with van der Waals surface area (Å²) in [4.78, 5) is 28.8. The molecule has 124 valence electrons. The third kappa shape index (κ3) is 3.03. The number of para-hydroxylation sites is 2. The summed E-state index contributed by atoms with van der Waals surface area (Å²) in [6, 6.07) is 7.16. The van der Waals surface area contributed by atoms with Gasteiger partial charge in [0.1, 0.15) is 6.54 Å². The fraction of sp³-hybridized carbons (Fsp3) is 0.467. The van der Waals surface area contributed by atoms with Crippen LogP contribution in [0.4, 0.5) is 0 Å². The van der Waals surface area contributed by atoms with Gasteiger partial charge in [0, 0.05) is 13.1 Å². The van der Waals surface area contributed by atoms with E-state index in [1.165, 1.54) is 9.47 Å². The average Bonchev–Trinajstić information content (AvgIpc) is 2.75. The molecular formula is C15H19N3O4S. The lowest BCUT2D eigenvalue weighted by atomic mass is 10.3. The van der Waals surface area contributed by atoms with Crippen molar-refractivity contribution in [2.24, 2.45) is 0 Å². The van der Waals surface area contributed by atoms with Crippen molar-refractivity contribution in [3.63, 3.8) is 0 Å². The third-order valence-electron chi connectivity index (χ3n) is 4.39. The minimum Gasteiger partial charge on any atom is -0.340 e. The van der Waals surface area contributed by atoms with Gasteiger partial charge in [-0.3, -0.25) is 9.36 Å². The molecule has 1 unspecified atom stereocenters. The molecule has 2 heterocycles. The van der Waals surface area contributed by atoms with Crippen LogP contribution in [0, 0.1) is 0 Å². The monoisotopic (exact) mass is 337 g/mol. The van der Waals surface area contributed by atoms with E-state index in [0.717, 1.165) is 0 Å². The Labute approximate surface area is 133 Å². The SMILES string of the molecule is CC1CCN(C(=O)Cn2c(=O)[nH]c3ccccc32)CCS1(=O)=O. The van der Waals surface area contributed by atoms with Gasteiger partial charge in [-0.05, 0) is 25.5 Å². The molecule has 8 heteroatoms. The van der Waals surface area contributed by atoms with Crippen LogP contribution in [0.25, 0.3) is 11.0 Å². The topological polar surface area (TPSA) is 92.2 Å². The second-order valence-electron chi connectivity index (χ2n) is 5.88. The number of aromatic nitrogens is 2. The standard InChI is InChI=1S/C15H19N3O4S/c1-11-6-7-17(8-9-23(11,21)22)14(19)10-18-13-5-3-2-4-12(13)16-15(18)20/h2-5,11H,6-10H2,1H3,(H,16,20). The summed E-state index contributed by atoms with van der Waals surface area (Å²) in [5, 5.41) is -0.434. The molecule has 1 fully saturated rings. The normalized spacial score (nSPS) is 21.3. The van der Waals surface area contributed by atoms with Crippen LogP contribution in [0.15, 0.2) is 29.1 Å². The molecule has 1 saturated heterocycles. The van der Waals surface area contributed by atoms with Gasteiger partial charge in [0.05, 0.1) is 22.0 Å². The molecule has 7 nitrogen and oxygen atoms in total. The van der Waals surface area contributed by atoms with Gasteiger partial charge >= 0.3 is 5.69 Å². The zero-order valence-electron chi connectivity index (χ0n) is 12.9. The molecule has 0 aliphatic carbocycles. The summed E-state index contributed by atoms with van der Waals surface area (Å²) in [7, 11) is -3.14. The molecular weight excluding hydrogens is 318 g/mol. The number of carbonyl (C=O) groups is 1. The zero-order valence-corrected chi connectivity index (χ0v) is 13.7. The summed E-state index contributed by atoms with van der Waals surface area (Å²) in [6.45, 7) is 2.17. The largest absolute Gasteiger partial charge is 0.340 e. The molecule has 2 aromatic rings. The number of benzene rings is 1. The Balaban J connectivity index is 1.81. The van der Waals surface area contributed by atoms with Crippen LogP contribution in [-0.4, -0.2) is 52.9 Å². The molecule has 1 N–H and O–H groups in total. The van der Waals surface area contributed by atoms with Crippen molar-refractivity contribution in [1.29, 1.82) is 0 Å². The Morgan fingerprint density at radius 2 is 2.04 bits per heavy atom. The first kappa shape index (κ1) is 15.8. The number of rotatable bonds is 2. The molecule has 1 aliphatic rings. The number of nitrogens with one attached hydrogen (secondary N) is 1. The number of imidazole rings is 1. The van der Waals surface area contributed by atoms with E-state index in [2.05, 4.69) is 4.98 Å². The van der Waals surface area contributed by atoms with Gasteiger partial charge in [-0.25, -0.2) is 13.2 Å². The zero-order chi connectivity index (χ0) is 16.6. The number of hydrogen-bond donors (Lipinski definition) is 1. The second-order valence-corrected chi connectivity index (χ2v) is 8.42. The van der Waals surface area contributed by atoms with Gasteiger partial charge in [-0.15, -0.1) is 0 Å². The number of hydrogen-bond acceptors (Lipinski definition) is 4. The summed E-state index contributed by atoms with van der Waals surface area (Å²) in [6.07, 6.45) is 0.427. The highest BCUT2D eigenvalue weighted by Gasteiger charge is 2.28. The summed E-state index contributed by atoms with van der Waals surface area (Å²) < 4.78 is 25.2. The molecule has 0 radical (unpaired) electrons. The molecule has 23 heavy (non-hydrogen) atoms. The van der Waals surface area contributed by atoms with E-state index >= 15 is 0 Å². The maximum absolute atomic E-state index is 12.5. The van der Waals surface area contributed by atoms with Gasteiger partial charge in [-0.1, -0.05) is 12.1 Å². The summed E-state index contributed by atoms with van der Waals surface area (Å²) >= 11 is 0. The Morgan fingerprint density at radius 3 is 2.83 bits per heavy atom. The van der Waals surface area contributed by atoms with Crippen LogP contribution < -0.4 is 5.69 Å². The second kappa shape index (κ2) is 5.84. The average molecular weight is 337 g/mol. The van der Waals surface area contributed by atoms with Gasteiger partial charge in [0.15, 0.2) is 9.84 Å². The van der Waals surface area contributed by atoms with Crippen LogP contribution in [0.5, 0.6) is 0 Å². The maximum atomic E-state index is 12.5. The van der Waals surface area contributed by atoms with Crippen molar-refractivity contribution in [2.75, 3.05) is 18.8 Å². The van der Waals surface area contributed by atoms with Gasteiger partial charge in [0.25, 0.3) is 0 Å². The number of aromatic amines is 1. The van der Waals surface area contributed by atoms with E-state index < -0.39 is 15.1 Å². The first-order valence-electron chi connectivity index (χ1n) is 7.55. The Hall–Kier alpha value is -2.09. The van der Waals surface area contributed by atoms with Crippen LogP contribution in [-0.2, 0) is 21.2 Å². The molecule has 0 bridgehead atoms. The highest BCUT2D eigenvalue weighted by Crippen LogP contribution is 2.14. The fourth-order valence-corrected chi connectivity index (χ4v) is 4.16. The molecule has 0 saturated carbocycles. The van der Waals surface area contributed by atoms with Crippen molar-refractivity contribution >= 4 is 26.8 Å². The first-order chi connectivity index (χ1) is 10.9. The van der Waals surface area contributed by atoms with E-state index in [0.29, 0.717) is 24.0 Å². The summed E-state index contributed by atoms with van der Waals surface area (Å²) in [5.74, 6) is -0.260. The number of carbonyl (C=O) groups excluding carboxylic acids is 1. The number of sulfone groups is 1.